The highest BCUT2D eigenvalue weighted by molar-refractivity contribution is 5.58. The third kappa shape index (κ3) is 3.42. The quantitative estimate of drug-likeness (QED) is 0.475. The first-order valence-electron chi connectivity index (χ1n) is 4.32. The van der Waals surface area contributed by atoms with Gasteiger partial charge in [-0.2, -0.15) is 0 Å². The molecule has 72 valence electrons. The lowest BCUT2D eigenvalue weighted by atomic mass is 10.0. The van der Waals surface area contributed by atoms with Crippen molar-refractivity contribution in [3.63, 3.8) is 0 Å². The topological polar surface area (TPSA) is 35.5 Å². The van der Waals surface area contributed by atoms with Crippen molar-refractivity contribution in [3.05, 3.63) is 24.0 Å². The van der Waals surface area contributed by atoms with Crippen LogP contribution in [0, 0.1) is 5.92 Å². The van der Waals surface area contributed by atoms with Crippen LogP contribution in [0.25, 0.3) is 0 Å². The monoisotopic (exact) mass is 182 g/mol. The van der Waals surface area contributed by atoms with Crippen molar-refractivity contribution in [1.82, 2.24) is 0 Å². The molecule has 0 radical (unpaired) electrons. The Labute approximate surface area is 78.0 Å². The van der Waals surface area contributed by atoms with Gasteiger partial charge in [0, 0.05) is 13.0 Å². The summed E-state index contributed by atoms with van der Waals surface area (Å²) in [6.07, 6.45) is 7.29. The summed E-state index contributed by atoms with van der Waals surface area (Å²) >= 11 is 0. The first-order valence-corrected chi connectivity index (χ1v) is 4.32. The molecular weight excluding hydrogens is 168 g/mol. The van der Waals surface area contributed by atoms with Crippen LogP contribution >= 0.6 is 0 Å². The standard InChI is InChI=1S/C10H14O3/c1-12-6-7-13-10-4-2-9(8-11)3-5-10/h2,4-5,8-9H,3,6-7H2,1H3. The molecule has 1 aliphatic carbocycles. The van der Waals surface area contributed by atoms with Crippen molar-refractivity contribution in [2.75, 3.05) is 20.3 Å². The first kappa shape index (κ1) is 9.99. The average molecular weight is 182 g/mol. The number of hydrogen-bond donors (Lipinski definition) is 0. The number of methoxy groups -OCH3 is 1. The Bertz CT molecular complexity index is 218. The second-order valence-corrected chi connectivity index (χ2v) is 2.84. The van der Waals surface area contributed by atoms with Crippen LogP contribution in [0.1, 0.15) is 6.42 Å². The molecule has 0 bridgehead atoms. The Morgan fingerprint density at radius 3 is 3.00 bits per heavy atom. The van der Waals surface area contributed by atoms with E-state index in [0.717, 1.165) is 18.5 Å². The highest BCUT2D eigenvalue weighted by Crippen LogP contribution is 2.14. The highest BCUT2D eigenvalue weighted by atomic mass is 16.5. The summed E-state index contributed by atoms with van der Waals surface area (Å²) in [6, 6.07) is 0. The number of ether oxygens (including phenoxy) is 2. The van der Waals surface area contributed by atoms with Gasteiger partial charge in [0.2, 0.25) is 0 Å². The minimum atomic E-state index is 0.0229. The van der Waals surface area contributed by atoms with Gasteiger partial charge in [-0.05, 0) is 18.6 Å². The normalized spacial score (nSPS) is 21.0. The van der Waals surface area contributed by atoms with Gasteiger partial charge >= 0.3 is 0 Å². The maximum absolute atomic E-state index is 10.4. The van der Waals surface area contributed by atoms with Gasteiger partial charge in [-0.1, -0.05) is 6.08 Å². The van der Waals surface area contributed by atoms with Gasteiger partial charge in [-0.15, -0.1) is 0 Å². The summed E-state index contributed by atoms with van der Waals surface area (Å²) in [5, 5.41) is 0. The molecule has 0 saturated carbocycles. The fourth-order valence-electron chi connectivity index (χ4n) is 1.07. The summed E-state index contributed by atoms with van der Waals surface area (Å²) < 4.78 is 10.2. The molecule has 0 heterocycles. The minimum absolute atomic E-state index is 0.0229. The zero-order valence-corrected chi connectivity index (χ0v) is 7.73. The lowest BCUT2D eigenvalue weighted by Crippen LogP contribution is -2.05. The van der Waals surface area contributed by atoms with E-state index in [1.165, 1.54) is 0 Å². The Morgan fingerprint density at radius 1 is 1.62 bits per heavy atom. The van der Waals surface area contributed by atoms with E-state index in [0.29, 0.717) is 13.2 Å². The molecule has 0 amide bonds. The minimum Gasteiger partial charge on any atom is -0.492 e. The largest absolute Gasteiger partial charge is 0.492 e. The number of aldehydes is 1. The van der Waals surface area contributed by atoms with Crippen molar-refractivity contribution in [2.45, 2.75) is 6.42 Å². The van der Waals surface area contributed by atoms with Gasteiger partial charge in [-0.3, -0.25) is 0 Å². The van der Waals surface area contributed by atoms with E-state index >= 15 is 0 Å². The van der Waals surface area contributed by atoms with Crippen LogP contribution in [-0.4, -0.2) is 26.6 Å². The predicted octanol–water partition coefficient (Wildman–Crippen LogP) is 1.31. The van der Waals surface area contributed by atoms with E-state index in [4.69, 9.17) is 9.47 Å². The average Bonchev–Trinajstić information content (AvgIpc) is 2.19. The Kier molecular flexibility index (Phi) is 4.26. The van der Waals surface area contributed by atoms with Gasteiger partial charge in [0.15, 0.2) is 0 Å². The molecule has 0 aromatic carbocycles. The Balaban J connectivity index is 2.26. The van der Waals surface area contributed by atoms with Gasteiger partial charge in [0.05, 0.1) is 6.61 Å². The Hall–Kier alpha value is -1.09. The fraction of sp³-hybridized carbons (Fsp3) is 0.500. The first-order chi connectivity index (χ1) is 6.36. The zero-order chi connectivity index (χ0) is 9.52. The number of hydrogen-bond acceptors (Lipinski definition) is 3. The lowest BCUT2D eigenvalue weighted by molar-refractivity contribution is -0.109. The molecule has 0 spiro atoms. The summed E-state index contributed by atoms with van der Waals surface area (Å²) in [7, 11) is 1.64. The molecule has 13 heavy (non-hydrogen) atoms. The van der Waals surface area contributed by atoms with E-state index in [1.807, 2.05) is 18.2 Å². The molecule has 1 unspecified atom stereocenters. The van der Waals surface area contributed by atoms with Crippen molar-refractivity contribution in [2.24, 2.45) is 5.92 Å². The fourth-order valence-corrected chi connectivity index (χ4v) is 1.07. The molecule has 3 nitrogen and oxygen atoms in total. The molecule has 1 atom stereocenters. The van der Waals surface area contributed by atoms with E-state index in [9.17, 15) is 4.79 Å². The summed E-state index contributed by atoms with van der Waals surface area (Å²) in [5.41, 5.74) is 0. The molecular formula is C10H14O3. The molecule has 0 aromatic heterocycles. The number of carbonyl (C=O) groups excluding carboxylic acids is 1. The van der Waals surface area contributed by atoms with Crippen LogP contribution in [0.15, 0.2) is 24.0 Å². The van der Waals surface area contributed by atoms with Gasteiger partial charge < -0.3 is 14.3 Å². The summed E-state index contributed by atoms with van der Waals surface area (Å²) in [5.74, 6) is 0.852. The molecule has 0 saturated heterocycles. The molecule has 3 heteroatoms. The van der Waals surface area contributed by atoms with E-state index in [1.54, 1.807) is 7.11 Å². The van der Waals surface area contributed by atoms with Crippen LogP contribution in [0.2, 0.25) is 0 Å². The second kappa shape index (κ2) is 5.54. The van der Waals surface area contributed by atoms with Crippen molar-refractivity contribution in [1.29, 1.82) is 0 Å². The van der Waals surface area contributed by atoms with Crippen molar-refractivity contribution in [3.8, 4) is 0 Å². The van der Waals surface area contributed by atoms with Gasteiger partial charge in [0.25, 0.3) is 0 Å². The molecule has 0 aliphatic heterocycles. The predicted molar refractivity (Wildman–Crippen MR) is 49.2 cm³/mol. The third-order valence-electron chi connectivity index (χ3n) is 1.83. The molecule has 0 fully saturated rings. The molecule has 1 rings (SSSR count). The zero-order valence-electron chi connectivity index (χ0n) is 7.73. The maximum atomic E-state index is 10.4. The van der Waals surface area contributed by atoms with Crippen LogP contribution in [0.5, 0.6) is 0 Å². The van der Waals surface area contributed by atoms with Gasteiger partial charge in [-0.25, -0.2) is 0 Å². The van der Waals surface area contributed by atoms with Gasteiger partial charge in [0.1, 0.15) is 18.7 Å². The summed E-state index contributed by atoms with van der Waals surface area (Å²) in [4.78, 5) is 10.4. The van der Waals surface area contributed by atoms with Crippen molar-refractivity contribution >= 4 is 6.29 Å². The van der Waals surface area contributed by atoms with Crippen LogP contribution in [0.4, 0.5) is 0 Å². The number of carbonyl (C=O) groups is 1. The van der Waals surface area contributed by atoms with Crippen LogP contribution in [0.3, 0.4) is 0 Å². The maximum Gasteiger partial charge on any atom is 0.127 e. The number of rotatable bonds is 5. The smallest absolute Gasteiger partial charge is 0.127 e. The highest BCUT2D eigenvalue weighted by Gasteiger charge is 2.07. The SMILES string of the molecule is COCCOC1=CCC(C=O)C=C1. The molecule has 0 N–H and O–H groups in total. The van der Waals surface area contributed by atoms with Crippen molar-refractivity contribution < 1.29 is 14.3 Å². The van der Waals surface area contributed by atoms with Crippen LogP contribution < -0.4 is 0 Å². The Morgan fingerprint density at radius 2 is 2.46 bits per heavy atom. The molecule has 0 aromatic rings. The van der Waals surface area contributed by atoms with E-state index in [2.05, 4.69) is 0 Å². The van der Waals surface area contributed by atoms with Crippen LogP contribution in [-0.2, 0) is 14.3 Å². The second-order valence-electron chi connectivity index (χ2n) is 2.84. The molecule has 1 aliphatic rings. The lowest BCUT2D eigenvalue weighted by Gasteiger charge is -2.11. The number of allylic oxidation sites excluding steroid dienone is 3. The van der Waals surface area contributed by atoms with E-state index in [-0.39, 0.29) is 5.92 Å². The third-order valence-corrected chi connectivity index (χ3v) is 1.83. The summed E-state index contributed by atoms with van der Waals surface area (Å²) in [6.45, 7) is 1.14. The van der Waals surface area contributed by atoms with E-state index < -0.39 is 0 Å².